The molecule has 0 heterocycles. The van der Waals surface area contributed by atoms with E-state index in [1.165, 1.54) is 30.4 Å². The van der Waals surface area contributed by atoms with Crippen LogP contribution in [0.4, 0.5) is 0 Å². The van der Waals surface area contributed by atoms with E-state index < -0.39 is 0 Å². The van der Waals surface area contributed by atoms with Gasteiger partial charge >= 0.3 is 0 Å². The van der Waals surface area contributed by atoms with Crippen LogP contribution in [0.1, 0.15) is 57.1 Å². The Morgan fingerprint density at radius 3 is 2.75 bits per heavy atom. The number of amides is 1. The van der Waals surface area contributed by atoms with Gasteiger partial charge in [0.05, 0.1) is 0 Å². The molecule has 2 heteroatoms. The van der Waals surface area contributed by atoms with Crippen molar-refractivity contribution >= 4 is 5.91 Å². The Morgan fingerprint density at radius 1 is 1.35 bits per heavy atom. The topological polar surface area (TPSA) is 20.3 Å². The summed E-state index contributed by atoms with van der Waals surface area (Å²) in [5.74, 6) is 0.702. The summed E-state index contributed by atoms with van der Waals surface area (Å²) in [4.78, 5) is 13.3. The molecule has 0 radical (unpaired) electrons. The van der Waals surface area contributed by atoms with Crippen LogP contribution in [0.25, 0.3) is 0 Å². The molecule has 0 fully saturated rings. The van der Waals surface area contributed by atoms with Gasteiger partial charge in [0.2, 0.25) is 5.91 Å². The van der Waals surface area contributed by atoms with Crippen molar-refractivity contribution < 1.29 is 4.79 Å². The Hall–Kier alpha value is -1.31. The Bertz CT molecular complexity index is 478. The molecule has 20 heavy (non-hydrogen) atoms. The number of fused-ring (bicyclic) bond motifs is 1. The molecule has 2 rings (SSSR count). The molecule has 1 amide bonds. The molecule has 1 unspecified atom stereocenters. The van der Waals surface area contributed by atoms with Crippen LogP contribution in [0.15, 0.2) is 24.3 Å². The van der Waals surface area contributed by atoms with E-state index in [0.717, 1.165) is 13.0 Å². The van der Waals surface area contributed by atoms with E-state index in [0.29, 0.717) is 11.3 Å². The van der Waals surface area contributed by atoms with Gasteiger partial charge in [0, 0.05) is 20.5 Å². The van der Waals surface area contributed by atoms with Crippen molar-refractivity contribution in [2.75, 3.05) is 13.6 Å². The number of hydrogen-bond donors (Lipinski definition) is 0. The summed E-state index contributed by atoms with van der Waals surface area (Å²) in [6.45, 7) is 7.25. The van der Waals surface area contributed by atoms with Crippen molar-refractivity contribution in [1.82, 2.24) is 4.90 Å². The first kappa shape index (κ1) is 15.1. The van der Waals surface area contributed by atoms with Crippen LogP contribution < -0.4 is 0 Å². The highest BCUT2D eigenvalue weighted by Gasteiger charge is 2.33. The molecule has 0 spiro atoms. The second kappa shape index (κ2) is 5.99. The zero-order chi connectivity index (χ0) is 14.8. The number of hydrogen-bond acceptors (Lipinski definition) is 1. The second-order valence-electron chi connectivity index (χ2n) is 6.82. The summed E-state index contributed by atoms with van der Waals surface area (Å²) in [5.41, 5.74) is 3.32. The zero-order valence-electron chi connectivity index (χ0n) is 13.3. The van der Waals surface area contributed by atoms with Crippen molar-refractivity contribution in [2.45, 2.75) is 52.4 Å². The van der Waals surface area contributed by atoms with E-state index in [2.05, 4.69) is 38.1 Å². The molecule has 0 aromatic heterocycles. The highest BCUT2D eigenvalue weighted by molar-refractivity contribution is 5.72. The van der Waals surface area contributed by atoms with Gasteiger partial charge < -0.3 is 4.90 Å². The Morgan fingerprint density at radius 2 is 2.05 bits per heavy atom. The second-order valence-corrected chi connectivity index (χ2v) is 6.82. The van der Waals surface area contributed by atoms with E-state index in [4.69, 9.17) is 0 Å². The molecular formula is C18H27NO. The van der Waals surface area contributed by atoms with Crippen LogP contribution in [-0.2, 0) is 11.2 Å². The van der Waals surface area contributed by atoms with Crippen molar-refractivity contribution in [3.05, 3.63) is 35.4 Å². The van der Waals surface area contributed by atoms with E-state index >= 15 is 0 Å². The molecule has 1 atom stereocenters. The summed E-state index contributed by atoms with van der Waals surface area (Å²) >= 11 is 0. The zero-order valence-corrected chi connectivity index (χ0v) is 13.3. The molecule has 2 nitrogen and oxygen atoms in total. The molecule has 0 saturated heterocycles. The number of rotatable bonds is 3. The van der Waals surface area contributed by atoms with Gasteiger partial charge in [-0.2, -0.15) is 0 Å². The average Bonchev–Trinajstić information content (AvgIpc) is 2.51. The number of carbonyl (C=O) groups excluding carboxylic acids is 1. The predicted molar refractivity (Wildman–Crippen MR) is 83.8 cm³/mol. The minimum Gasteiger partial charge on any atom is -0.346 e. The third-order valence-corrected chi connectivity index (χ3v) is 4.93. The van der Waals surface area contributed by atoms with E-state index in [1.54, 1.807) is 6.92 Å². The van der Waals surface area contributed by atoms with Gasteiger partial charge in [-0.1, -0.05) is 38.1 Å². The molecular weight excluding hydrogens is 246 g/mol. The molecule has 110 valence electrons. The smallest absolute Gasteiger partial charge is 0.219 e. The van der Waals surface area contributed by atoms with Crippen LogP contribution in [0, 0.1) is 5.41 Å². The lowest BCUT2D eigenvalue weighted by Crippen LogP contribution is -2.29. The number of nitrogens with zero attached hydrogens (tertiary/aromatic N) is 1. The van der Waals surface area contributed by atoms with Crippen molar-refractivity contribution in [3.8, 4) is 0 Å². The number of carbonyl (C=O) groups is 1. The van der Waals surface area contributed by atoms with Gasteiger partial charge in [-0.15, -0.1) is 0 Å². The molecule has 0 N–H and O–H groups in total. The van der Waals surface area contributed by atoms with Gasteiger partial charge in [-0.05, 0) is 48.1 Å². The van der Waals surface area contributed by atoms with Gasteiger partial charge in [0.1, 0.15) is 0 Å². The van der Waals surface area contributed by atoms with E-state index in [9.17, 15) is 4.79 Å². The quantitative estimate of drug-likeness (QED) is 0.762. The predicted octanol–water partition coefficient (Wildman–Crippen LogP) is 4.00. The van der Waals surface area contributed by atoms with E-state index in [1.807, 2.05) is 11.9 Å². The first-order valence-electron chi connectivity index (χ1n) is 7.71. The molecule has 0 saturated carbocycles. The van der Waals surface area contributed by atoms with Crippen molar-refractivity contribution in [3.63, 3.8) is 0 Å². The standard InChI is InChI=1S/C18H27NO/c1-14(20)19(4)13-11-17-16-10-6-5-8-15(16)9-7-12-18(17,2)3/h5-6,8,10,17H,7,9,11-13H2,1-4H3. The maximum atomic E-state index is 11.4. The van der Waals surface area contributed by atoms with Crippen LogP contribution >= 0.6 is 0 Å². The van der Waals surface area contributed by atoms with Crippen molar-refractivity contribution in [2.24, 2.45) is 5.41 Å². The minimum absolute atomic E-state index is 0.157. The van der Waals surface area contributed by atoms with Crippen LogP contribution in [0.3, 0.4) is 0 Å². The lowest BCUT2D eigenvalue weighted by Gasteiger charge is -2.35. The Labute approximate surface area is 123 Å². The number of aryl methyl sites for hydroxylation is 1. The summed E-state index contributed by atoms with van der Waals surface area (Å²) in [7, 11) is 1.90. The average molecular weight is 273 g/mol. The fraction of sp³-hybridized carbons (Fsp3) is 0.611. The Kier molecular flexibility index (Phi) is 4.52. The highest BCUT2D eigenvalue weighted by Crippen LogP contribution is 2.45. The molecule has 1 aliphatic carbocycles. The first-order valence-corrected chi connectivity index (χ1v) is 7.71. The minimum atomic E-state index is 0.157. The third kappa shape index (κ3) is 3.23. The molecule has 0 bridgehead atoms. The van der Waals surface area contributed by atoms with Crippen molar-refractivity contribution in [1.29, 1.82) is 0 Å². The van der Waals surface area contributed by atoms with E-state index in [-0.39, 0.29) is 5.91 Å². The monoisotopic (exact) mass is 273 g/mol. The van der Waals surface area contributed by atoms with Gasteiger partial charge in [-0.3, -0.25) is 4.79 Å². The third-order valence-electron chi connectivity index (χ3n) is 4.93. The fourth-order valence-corrected chi connectivity index (χ4v) is 3.46. The molecule has 1 aromatic carbocycles. The number of benzene rings is 1. The summed E-state index contributed by atoms with van der Waals surface area (Å²) < 4.78 is 0. The largest absolute Gasteiger partial charge is 0.346 e. The Balaban J connectivity index is 2.24. The summed E-state index contributed by atoms with van der Waals surface area (Å²) in [6, 6.07) is 8.87. The highest BCUT2D eigenvalue weighted by atomic mass is 16.2. The lowest BCUT2D eigenvalue weighted by atomic mass is 9.71. The van der Waals surface area contributed by atoms with Crippen LogP contribution in [0.2, 0.25) is 0 Å². The van der Waals surface area contributed by atoms with Gasteiger partial charge in [-0.25, -0.2) is 0 Å². The van der Waals surface area contributed by atoms with Gasteiger partial charge in [0.15, 0.2) is 0 Å². The van der Waals surface area contributed by atoms with Crippen LogP contribution in [0.5, 0.6) is 0 Å². The summed E-state index contributed by atoms with van der Waals surface area (Å²) in [6.07, 6.45) is 4.78. The SMILES string of the molecule is CC(=O)N(C)CCC1c2ccccc2CCCC1(C)C. The molecule has 0 aliphatic heterocycles. The normalized spacial score (nSPS) is 20.9. The molecule has 1 aliphatic rings. The maximum absolute atomic E-state index is 11.4. The first-order chi connectivity index (χ1) is 9.42. The fourth-order valence-electron chi connectivity index (χ4n) is 3.46. The van der Waals surface area contributed by atoms with Crippen LogP contribution in [-0.4, -0.2) is 24.4 Å². The maximum Gasteiger partial charge on any atom is 0.219 e. The molecule has 1 aromatic rings. The lowest BCUT2D eigenvalue weighted by molar-refractivity contribution is -0.127. The van der Waals surface area contributed by atoms with Gasteiger partial charge in [0.25, 0.3) is 0 Å². The summed E-state index contributed by atoms with van der Waals surface area (Å²) in [5, 5.41) is 0.